The quantitative estimate of drug-likeness (QED) is 0.798. The molecule has 0 saturated carbocycles. The Labute approximate surface area is 159 Å². The molecule has 9 heteroatoms. The van der Waals surface area contributed by atoms with Crippen molar-refractivity contribution in [3.63, 3.8) is 0 Å². The molecular formula is C18H24N4O4S. The number of rotatable bonds is 6. The highest BCUT2D eigenvalue weighted by molar-refractivity contribution is 7.89. The molecule has 1 N–H and O–H groups in total. The molecule has 0 bridgehead atoms. The van der Waals surface area contributed by atoms with Gasteiger partial charge in [0.25, 0.3) is 0 Å². The van der Waals surface area contributed by atoms with Crippen LogP contribution in [0.25, 0.3) is 0 Å². The number of piperidine rings is 1. The van der Waals surface area contributed by atoms with Crippen molar-refractivity contribution in [2.24, 2.45) is 5.92 Å². The van der Waals surface area contributed by atoms with Gasteiger partial charge in [-0.15, -0.1) is 0 Å². The predicted octanol–water partition coefficient (Wildman–Crippen LogP) is 1.45. The van der Waals surface area contributed by atoms with Gasteiger partial charge in [0.15, 0.2) is 5.76 Å². The van der Waals surface area contributed by atoms with Gasteiger partial charge in [-0.2, -0.15) is 4.31 Å². The Morgan fingerprint density at radius 3 is 2.89 bits per heavy atom. The first kappa shape index (κ1) is 19.5. The molecule has 3 rings (SSSR count). The topological polar surface area (TPSA) is 105 Å². The molecule has 1 saturated heterocycles. The van der Waals surface area contributed by atoms with Gasteiger partial charge in [0.2, 0.25) is 15.9 Å². The Morgan fingerprint density at radius 2 is 2.22 bits per heavy atom. The highest BCUT2D eigenvalue weighted by Crippen LogP contribution is 2.27. The first-order chi connectivity index (χ1) is 12.9. The lowest BCUT2D eigenvalue weighted by Crippen LogP contribution is -2.45. The minimum absolute atomic E-state index is 0.111. The lowest BCUT2D eigenvalue weighted by molar-refractivity contribution is -0.126. The summed E-state index contributed by atoms with van der Waals surface area (Å²) in [5.74, 6) is -0.198. The van der Waals surface area contributed by atoms with E-state index >= 15 is 0 Å². The zero-order valence-corrected chi connectivity index (χ0v) is 16.3. The molecule has 2 aromatic heterocycles. The van der Waals surface area contributed by atoms with Crippen LogP contribution in [-0.4, -0.2) is 48.4 Å². The number of hydrogen-bond donors (Lipinski definition) is 1. The maximum atomic E-state index is 12.9. The molecule has 8 nitrogen and oxygen atoms in total. The van der Waals surface area contributed by atoms with Gasteiger partial charge in [-0.25, -0.2) is 8.42 Å². The highest BCUT2D eigenvalue weighted by Gasteiger charge is 2.36. The first-order valence-electron chi connectivity index (χ1n) is 8.99. The number of pyridine rings is 1. The van der Waals surface area contributed by atoms with Crippen LogP contribution >= 0.6 is 0 Å². The van der Waals surface area contributed by atoms with Gasteiger partial charge in [0.1, 0.15) is 10.6 Å². The van der Waals surface area contributed by atoms with Crippen molar-refractivity contribution in [1.82, 2.24) is 19.8 Å². The van der Waals surface area contributed by atoms with Gasteiger partial charge in [-0.05, 0) is 44.7 Å². The molecule has 1 atom stereocenters. The third-order valence-electron chi connectivity index (χ3n) is 4.76. The van der Waals surface area contributed by atoms with E-state index in [-0.39, 0.29) is 29.0 Å². The number of amides is 1. The molecule has 27 heavy (non-hydrogen) atoms. The molecule has 0 aromatic carbocycles. The summed E-state index contributed by atoms with van der Waals surface area (Å²) in [6.07, 6.45) is 5.48. The Balaban J connectivity index is 1.61. The monoisotopic (exact) mass is 392 g/mol. The van der Waals surface area contributed by atoms with Crippen LogP contribution in [0.15, 0.2) is 33.9 Å². The Bertz CT molecular complexity index is 876. The molecule has 1 aliphatic rings. The molecule has 1 aliphatic heterocycles. The normalized spacial score (nSPS) is 18.4. The first-order valence-corrected chi connectivity index (χ1v) is 10.4. The van der Waals surface area contributed by atoms with E-state index in [1.165, 1.54) is 4.31 Å². The maximum Gasteiger partial charge on any atom is 0.248 e. The molecule has 1 unspecified atom stereocenters. The molecule has 3 heterocycles. The van der Waals surface area contributed by atoms with E-state index in [4.69, 9.17) is 4.52 Å². The van der Waals surface area contributed by atoms with Crippen LogP contribution in [0.1, 0.15) is 29.9 Å². The van der Waals surface area contributed by atoms with Crippen molar-refractivity contribution in [2.45, 2.75) is 38.0 Å². The molecule has 0 spiro atoms. The van der Waals surface area contributed by atoms with Gasteiger partial charge in [0, 0.05) is 32.0 Å². The summed E-state index contributed by atoms with van der Waals surface area (Å²) in [4.78, 5) is 16.7. The molecular weight excluding hydrogens is 368 g/mol. The number of carbonyl (C=O) groups excluding carboxylic acids is 1. The average Bonchev–Trinajstić information content (AvgIpc) is 3.01. The number of sulfonamides is 1. The Kier molecular flexibility index (Phi) is 5.91. The van der Waals surface area contributed by atoms with E-state index in [9.17, 15) is 13.2 Å². The maximum absolute atomic E-state index is 12.9. The van der Waals surface area contributed by atoms with Crippen LogP contribution in [0.2, 0.25) is 0 Å². The number of nitrogens with zero attached hydrogens (tertiary/aromatic N) is 3. The van der Waals surface area contributed by atoms with Gasteiger partial charge in [-0.1, -0.05) is 11.2 Å². The summed E-state index contributed by atoms with van der Waals surface area (Å²) in [6, 6.07) is 3.81. The van der Waals surface area contributed by atoms with E-state index in [0.717, 1.165) is 5.56 Å². The van der Waals surface area contributed by atoms with Gasteiger partial charge in [-0.3, -0.25) is 9.78 Å². The number of carbonyl (C=O) groups is 1. The zero-order chi connectivity index (χ0) is 19.4. The summed E-state index contributed by atoms with van der Waals surface area (Å²) >= 11 is 0. The van der Waals surface area contributed by atoms with Crippen LogP contribution < -0.4 is 5.32 Å². The average molecular weight is 392 g/mol. The second kappa shape index (κ2) is 8.18. The third-order valence-corrected chi connectivity index (χ3v) is 6.87. The van der Waals surface area contributed by atoms with Crippen LogP contribution in [0, 0.1) is 19.8 Å². The number of aromatic nitrogens is 2. The summed E-state index contributed by atoms with van der Waals surface area (Å²) in [6.45, 7) is 4.25. The van der Waals surface area contributed by atoms with E-state index in [1.54, 1.807) is 26.2 Å². The van der Waals surface area contributed by atoms with Crippen molar-refractivity contribution in [3.8, 4) is 0 Å². The van der Waals surface area contributed by atoms with Crippen LogP contribution in [-0.2, 0) is 21.2 Å². The summed E-state index contributed by atoms with van der Waals surface area (Å²) in [5.41, 5.74) is 1.39. The minimum atomic E-state index is -3.72. The van der Waals surface area contributed by atoms with Crippen molar-refractivity contribution in [3.05, 3.63) is 41.5 Å². The van der Waals surface area contributed by atoms with Gasteiger partial charge < -0.3 is 9.84 Å². The summed E-state index contributed by atoms with van der Waals surface area (Å²) in [7, 11) is -3.72. The third kappa shape index (κ3) is 4.36. The zero-order valence-electron chi connectivity index (χ0n) is 15.5. The predicted molar refractivity (Wildman–Crippen MR) is 98.4 cm³/mol. The van der Waals surface area contributed by atoms with Gasteiger partial charge >= 0.3 is 0 Å². The fourth-order valence-electron chi connectivity index (χ4n) is 3.37. The lowest BCUT2D eigenvalue weighted by atomic mass is 9.99. The molecule has 1 amide bonds. The largest absolute Gasteiger partial charge is 0.360 e. The summed E-state index contributed by atoms with van der Waals surface area (Å²) < 4.78 is 32.3. The standard InChI is InChI=1S/C18H24N4O4S/c1-13-17(14(2)26-21-13)27(24,25)22-10-4-6-16(12-22)18(23)20-9-7-15-5-3-8-19-11-15/h3,5,8,11,16H,4,6-7,9-10,12H2,1-2H3,(H,20,23). The van der Waals surface area contributed by atoms with Crippen LogP contribution in [0.3, 0.4) is 0 Å². The van der Waals surface area contributed by atoms with Crippen molar-refractivity contribution in [2.75, 3.05) is 19.6 Å². The van der Waals surface area contributed by atoms with E-state index in [0.29, 0.717) is 38.0 Å². The van der Waals surface area contributed by atoms with Crippen LogP contribution in [0.5, 0.6) is 0 Å². The van der Waals surface area contributed by atoms with E-state index < -0.39 is 10.0 Å². The van der Waals surface area contributed by atoms with E-state index in [2.05, 4.69) is 15.5 Å². The fraction of sp³-hybridized carbons (Fsp3) is 0.500. The Morgan fingerprint density at radius 1 is 1.41 bits per heavy atom. The number of nitrogens with one attached hydrogen (secondary N) is 1. The second-order valence-electron chi connectivity index (χ2n) is 6.76. The Hall–Kier alpha value is -2.26. The van der Waals surface area contributed by atoms with Crippen molar-refractivity contribution >= 4 is 15.9 Å². The second-order valence-corrected chi connectivity index (χ2v) is 8.63. The number of hydrogen-bond acceptors (Lipinski definition) is 6. The molecule has 2 aromatic rings. The molecule has 0 aliphatic carbocycles. The smallest absolute Gasteiger partial charge is 0.248 e. The molecule has 1 fully saturated rings. The summed E-state index contributed by atoms with van der Waals surface area (Å²) in [5, 5.41) is 6.65. The lowest BCUT2D eigenvalue weighted by Gasteiger charge is -2.31. The number of aryl methyl sites for hydroxylation is 2. The molecule has 146 valence electrons. The SMILES string of the molecule is Cc1noc(C)c1S(=O)(=O)N1CCCC(C(=O)NCCc2cccnc2)C1. The highest BCUT2D eigenvalue weighted by atomic mass is 32.2. The van der Waals surface area contributed by atoms with E-state index in [1.807, 2.05) is 12.1 Å². The minimum Gasteiger partial charge on any atom is -0.360 e. The van der Waals surface area contributed by atoms with Crippen LogP contribution in [0.4, 0.5) is 0 Å². The molecule has 0 radical (unpaired) electrons. The van der Waals surface area contributed by atoms with Crippen molar-refractivity contribution < 1.29 is 17.7 Å². The van der Waals surface area contributed by atoms with Gasteiger partial charge in [0.05, 0.1) is 5.92 Å². The fourth-order valence-corrected chi connectivity index (χ4v) is 5.18. The van der Waals surface area contributed by atoms with Crippen molar-refractivity contribution in [1.29, 1.82) is 0 Å².